The normalized spacial score (nSPS) is 24.5. The zero-order valence-corrected chi connectivity index (χ0v) is 13.7. The van der Waals surface area contributed by atoms with Crippen LogP contribution in [0.3, 0.4) is 0 Å². The van der Waals surface area contributed by atoms with E-state index in [0.29, 0.717) is 6.54 Å². The van der Waals surface area contributed by atoms with Crippen molar-refractivity contribution in [3.63, 3.8) is 0 Å². The van der Waals surface area contributed by atoms with Crippen LogP contribution in [0.25, 0.3) is 0 Å². The number of benzene rings is 1. The Bertz CT molecular complexity index is 454. The monoisotopic (exact) mass is 293 g/mol. The Labute approximate surface area is 127 Å². The highest BCUT2D eigenvalue weighted by atomic mass is 16.5. The minimum atomic E-state index is -0.473. The molecule has 1 aromatic carbocycles. The van der Waals surface area contributed by atoms with E-state index in [1.54, 1.807) is 14.2 Å². The van der Waals surface area contributed by atoms with E-state index in [-0.39, 0.29) is 12.2 Å². The van der Waals surface area contributed by atoms with Crippen molar-refractivity contribution in [2.45, 2.75) is 39.1 Å². The van der Waals surface area contributed by atoms with Crippen LogP contribution in [0.5, 0.6) is 0 Å². The van der Waals surface area contributed by atoms with Crippen LogP contribution in [-0.4, -0.2) is 56.1 Å². The van der Waals surface area contributed by atoms with E-state index in [2.05, 4.69) is 37.8 Å². The van der Waals surface area contributed by atoms with Crippen LogP contribution in [0, 0.1) is 20.8 Å². The molecule has 0 aliphatic carbocycles. The number of likely N-dealkylation sites (tertiary alicyclic amines) is 1. The molecule has 118 valence electrons. The van der Waals surface area contributed by atoms with Gasteiger partial charge in [-0.25, -0.2) is 0 Å². The second kappa shape index (κ2) is 6.88. The maximum absolute atomic E-state index is 10.6. The molecule has 0 spiro atoms. The number of rotatable bonds is 5. The van der Waals surface area contributed by atoms with Crippen LogP contribution in [0.15, 0.2) is 12.1 Å². The molecule has 0 saturated carbocycles. The summed E-state index contributed by atoms with van der Waals surface area (Å²) >= 11 is 0. The molecule has 1 fully saturated rings. The van der Waals surface area contributed by atoms with Crippen molar-refractivity contribution in [2.75, 3.05) is 33.9 Å². The molecule has 0 aromatic heterocycles. The van der Waals surface area contributed by atoms with Crippen molar-refractivity contribution < 1.29 is 14.6 Å². The Kier molecular flexibility index (Phi) is 5.38. The summed E-state index contributed by atoms with van der Waals surface area (Å²) in [7, 11) is 3.43. The average molecular weight is 293 g/mol. The summed E-state index contributed by atoms with van der Waals surface area (Å²) in [6, 6.07) is 4.26. The highest BCUT2D eigenvalue weighted by Gasteiger charge is 2.34. The van der Waals surface area contributed by atoms with E-state index in [1.165, 1.54) is 5.56 Å². The van der Waals surface area contributed by atoms with Crippen LogP contribution in [0.4, 0.5) is 0 Å². The fourth-order valence-electron chi connectivity index (χ4n) is 3.47. The van der Waals surface area contributed by atoms with E-state index in [4.69, 9.17) is 9.47 Å². The number of nitrogens with zero attached hydrogens (tertiary/aromatic N) is 1. The Morgan fingerprint density at radius 3 is 2.00 bits per heavy atom. The van der Waals surface area contributed by atoms with Gasteiger partial charge in [-0.05, 0) is 37.5 Å². The van der Waals surface area contributed by atoms with E-state index < -0.39 is 6.10 Å². The van der Waals surface area contributed by atoms with Gasteiger partial charge in [-0.1, -0.05) is 17.7 Å². The Morgan fingerprint density at radius 1 is 1.10 bits per heavy atom. The highest BCUT2D eigenvalue weighted by molar-refractivity contribution is 5.39. The Morgan fingerprint density at radius 2 is 1.57 bits per heavy atom. The third-order valence-corrected chi connectivity index (χ3v) is 4.40. The first kappa shape index (κ1) is 16.4. The first-order valence-electron chi connectivity index (χ1n) is 7.50. The summed E-state index contributed by atoms with van der Waals surface area (Å²) in [5.74, 6) is 0. The molecule has 4 heteroatoms. The topological polar surface area (TPSA) is 41.9 Å². The van der Waals surface area contributed by atoms with E-state index in [1.807, 2.05) is 0 Å². The predicted molar refractivity (Wildman–Crippen MR) is 83.6 cm³/mol. The second-order valence-corrected chi connectivity index (χ2v) is 6.10. The molecule has 1 heterocycles. The largest absolute Gasteiger partial charge is 0.387 e. The number of ether oxygens (including phenoxy) is 2. The van der Waals surface area contributed by atoms with Gasteiger partial charge < -0.3 is 14.6 Å². The molecule has 1 saturated heterocycles. The van der Waals surface area contributed by atoms with Crippen LogP contribution < -0.4 is 0 Å². The molecule has 2 rings (SSSR count). The van der Waals surface area contributed by atoms with Crippen LogP contribution in [-0.2, 0) is 9.47 Å². The molecule has 4 nitrogen and oxygen atoms in total. The third-order valence-electron chi connectivity index (χ3n) is 4.40. The van der Waals surface area contributed by atoms with Crippen molar-refractivity contribution in [3.05, 3.63) is 34.4 Å². The van der Waals surface area contributed by atoms with Gasteiger partial charge in [0.25, 0.3) is 0 Å². The molecule has 1 aliphatic rings. The molecule has 0 amide bonds. The lowest BCUT2D eigenvalue weighted by molar-refractivity contribution is -0.00461. The molecule has 1 aromatic rings. The summed E-state index contributed by atoms with van der Waals surface area (Å²) < 4.78 is 10.9. The molecular weight excluding hydrogens is 266 g/mol. The number of β-amino-alcohol motifs (C(OH)–C–C–N with tert-alkyl or cyclic N) is 1. The number of hydrogen-bond donors (Lipinski definition) is 1. The molecule has 21 heavy (non-hydrogen) atoms. The van der Waals surface area contributed by atoms with E-state index in [0.717, 1.165) is 29.8 Å². The quantitative estimate of drug-likeness (QED) is 0.901. The standard InChI is InChI=1S/C17H27NO3/c1-11-6-12(2)17(13(3)7-11)14(19)8-18-9-15(20-4)16(10-18)21-5/h6-7,14-16,19H,8-10H2,1-5H3. The van der Waals surface area contributed by atoms with Gasteiger partial charge in [0.15, 0.2) is 0 Å². The fraction of sp³-hybridized carbons (Fsp3) is 0.647. The van der Waals surface area contributed by atoms with Crippen LogP contribution in [0.2, 0.25) is 0 Å². The van der Waals surface area contributed by atoms with Gasteiger partial charge in [0.2, 0.25) is 0 Å². The molecule has 0 bridgehead atoms. The Hall–Kier alpha value is -0.940. The molecular formula is C17H27NO3. The minimum absolute atomic E-state index is 0.0856. The van der Waals surface area contributed by atoms with Crippen molar-refractivity contribution >= 4 is 0 Å². The van der Waals surface area contributed by atoms with Crippen molar-refractivity contribution in [3.8, 4) is 0 Å². The van der Waals surface area contributed by atoms with Gasteiger partial charge in [-0.2, -0.15) is 0 Å². The molecule has 0 radical (unpaired) electrons. The first-order valence-corrected chi connectivity index (χ1v) is 7.50. The molecule has 1 N–H and O–H groups in total. The number of aryl methyl sites for hydroxylation is 3. The van der Waals surface area contributed by atoms with Crippen molar-refractivity contribution in [2.24, 2.45) is 0 Å². The van der Waals surface area contributed by atoms with Gasteiger partial charge in [0, 0.05) is 33.9 Å². The lowest BCUT2D eigenvalue weighted by Crippen LogP contribution is -2.28. The maximum atomic E-state index is 10.6. The summed E-state index contributed by atoms with van der Waals surface area (Å²) in [5.41, 5.74) is 4.60. The van der Waals surface area contributed by atoms with Gasteiger partial charge in [0.1, 0.15) is 0 Å². The maximum Gasteiger partial charge on any atom is 0.0971 e. The van der Waals surface area contributed by atoms with Crippen LogP contribution >= 0.6 is 0 Å². The number of methoxy groups -OCH3 is 2. The molecule has 3 atom stereocenters. The second-order valence-electron chi connectivity index (χ2n) is 6.10. The van der Waals surface area contributed by atoms with Gasteiger partial charge in [-0.15, -0.1) is 0 Å². The first-order chi connectivity index (χ1) is 9.96. The SMILES string of the molecule is COC1CN(CC(O)c2c(C)cc(C)cc2C)CC1OC. The number of aliphatic hydroxyl groups excluding tert-OH is 1. The van der Waals surface area contributed by atoms with Gasteiger partial charge >= 0.3 is 0 Å². The summed E-state index contributed by atoms with van der Waals surface area (Å²) in [6.07, 6.45) is -0.302. The molecule has 1 aliphatic heterocycles. The van der Waals surface area contributed by atoms with Gasteiger partial charge in [-0.3, -0.25) is 4.90 Å². The Balaban J connectivity index is 2.07. The predicted octanol–water partition coefficient (Wildman–Crippen LogP) is 1.99. The lowest BCUT2D eigenvalue weighted by atomic mass is 9.95. The van der Waals surface area contributed by atoms with Crippen LogP contribution in [0.1, 0.15) is 28.4 Å². The van der Waals surface area contributed by atoms with Crippen molar-refractivity contribution in [1.29, 1.82) is 0 Å². The molecule has 3 unspecified atom stereocenters. The fourth-order valence-corrected chi connectivity index (χ4v) is 3.47. The number of aliphatic hydroxyl groups is 1. The van der Waals surface area contributed by atoms with E-state index >= 15 is 0 Å². The zero-order chi connectivity index (χ0) is 15.6. The summed E-state index contributed by atoms with van der Waals surface area (Å²) in [6.45, 7) is 8.44. The zero-order valence-electron chi connectivity index (χ0n) is 13.7. The third kappa shape index (κ3) is 3.64. The van der Waals surface area contributed by atoms with Gasteiger partial charge in [0.05, 0.1) is 18.3 Å². The summed E-state index contributed by atoms with van der Waals surface area (Å²) in [5, 5.41) is 10.6. The average Bonchev–Trinajstić information content (AvgIpc) is 2.79. The number of hydrogen-bond acceptors (Lipinski definition) is 4. The summed E-state index contributed by atoms with van der Waals surface area (Å²) in [4.78, 5) is 2.21. The minimum Gasteiger partial charge on any atom is -0.387 e. The highest BCUT2D eigenvalue weighted by Crippen LogP contribution is 2.26. The van der Waals surface area contributed by atoms with Crippen molar-refractivity contribution in [1.82, 2.24) is 4.90 Å². The smallest absolute Gasteiger partial charge is 0.0971 e. The lowest BCUT2D eigenvalue weighted by Gasteiger charge is -2.23. The van der Waals surface area contributed by atoms with E-state index in [9.17, 15) is 5.11 Å².